The maximum atomic E-state index is 13.9. The highest BCUT2D eigenvalue weighted by Crippen LogP contribution is 2.22. The number of benzene rings is 2. The topological polar surface area (TPSA) is 41.6 Å². The fourth-order valence-electron chi connectivity index (χ4n) is 2.39. The van der Waals surface area contributed by atoms with Gasteiger partial charge in [-0.2, -0.15) is 5.26 Å². The van der Waals surface area contributed by atoms with Crippen LogP contribution in [0.1, 0.15) is 22.5 Å². The molecule has 0 saturated heterocycles. The van der Waals surface area contributed by atoms with E-state index in [9.17, 15) is 4.39 Å². The summed E-state index contributed by atoms with van der Waals surface area (Å²) in [6.45, 7) is 0.604. The van der Waals surface area contributed by atoms with E-state index in [0.717, 1.165) is 11.4 Å². The van der Waals surface area contributed by atoms with Crippen LogP contribution in [-0.4, -0.2) is 9.55 Å². The molecule has 5 heteroatoms. The van der Waals surface area contributed by atoms with Gasteiger partial charge in [0.05, 0.1) is 11.6 Å². The number of imidazole rings is 1. The predicted molar refractivity (Wildman–Crippen MR) is 86.7 cm³/mol. The molecule has 0 radical (unpaired) electrons. The van der Waals surface area contributed by atoms with Crippen molar-refractivity contribution >= 4 is 11.6 Å². The number of nitriles is 1. The Morgan fingerprint density at radius 1 is 1.17 bits per heavy atom. The van der Waals surface area contributed by atoms with Gasteiger partial charge in [-0.05, 0) is 29.8 Å². The molecule has 114 valence electrons. The van der Waals surface area contributed by atoms with Crippen LogP contribution in [-0.2, 0) is 13.0 Å². The third kappa shape index (κ3) is 3.41. The summed E-state index contributed by atoms with van der Waals surface area (Å²) in [5, 5.41) is 9.23. The van der Waals surface area contributed by atoms with Gasteiger partial charge in [-0.3, -0.25) is 0 Å². The van der Waals surface area contributed by atoms with E-state index in [1.54, 1.807) is 30.5 Å². The zero-order valence-electron chi connectivity index (χ0n) is 12.2. The molecular formula is C18H13ClFN3. The highest BCUT2D eigenvalue weighted by Gasteiger charge is 2.11. The second kappa shape index (κ2) is 6.64. The van der Waals surface area contributed by atoms with Gasteiger partial charge in [0.25, 0.3) is 0 Å². The molecule has 0 unspecified atom stereocenters. The highest BCUT2D eigenvalue weighted by atomic mass is 35.5. The van der Waals surface area contributed by atoms with E-state index < -0.39 is 0 Å². The van der Waals surface area contributed by atoms with Crippen molar-refractivity contribution in [2.24, 2.45) is 0 Å². The summed E-state index contributed by atoms with van der Waals surface area (Å²) in [6.07, 6.45) is 3.87. The molecule has 0 bridgehead atoms. The van der Waals surface area contributed by atoms with Crippen molar-refractivity contribution in [2.45, 2.75) is 13.0 Å². The van der Waals surface area contributed by atoms with Crippen molar-refractivity contribution in [3.63, 3.8) is 0 Å². The maximum absolute atomic E-state index is 13.9. The van der Waals surface area contributed by atoms with Crippen molar-refractivity contribution in [3.05, 3.63) is 88.2 Å². The van der Waals surface area contributed by atoms with Crippen LogP contribution in [0.4, 0.5) is 4.39 Å². The van der Waals surface area contributed by atoms with E-state index in [1.165, 1.54) is 6.07 Å². The van der Waals surface area contributed by atoms with Crippen molar-refractivity contribution in [3.8, 4) is 6.07 Å². The molecule has 0 amide bonds. The molecule has 0 fully saturated rings. The molecule has 3 nitrogen and oxygen atoms in total. The van der Waals surface area contributed by atoms with Gasteiger partial charge in [-0.1, -0.05) is 29.8 Å². The Kier molecular flexibility index (Phi) is 4.40. The first kappa shape index (κ1) is 15.3. The van der Waals surface area contributed by atoms with Crippen LogP contribution < -0.4 is 0 Å². The molecular weight excluding hydrogens is 313 g/mol. The lowest BCUT2D eigenvalue weighted by Crippen LogP contribution is -2.06. The second-order valence-corrected chi connectivity index (χ2v) is 5.56. The molecule has 0 N–H and O–H groups in total. The molecule has 0 atom stereocenters. The Bertz CT molecular complexity index is 842. The summed E-state index contributed by atoms with van der Waals surface area (Å²) in [4.78, 5) is 4.31. The van der Waals surface area contributed by atoms with Gasteiger partial charge >= 0.3 is 0 Å². The number of aromatic nitrogens is 2. The quantitative estimate of drug-likeness (QED) is 0.722. The van der Waals surface area contributed by atoms with Crippen molar-refractivity contribution in [1.82, 2.24) is 9.55 Å². The third-order valence-corrected chi connectivity index (χ3v) is 3.99. The van der Waals surface area contributed by atoms with Crippen LogP contribution in [0.5, 0.6) is 0 Å². The molecule has 0 spiro atoms. The fourth-order valence-corrected chi connectivity index (χ4v) is 2.62. The number of hydrogen-bond donors (Lipinski definition) is 0. The lowest BCUT2D eigenvalue weighted by Gasteiger charge is -2.10. The van der Waals surface area contributed by atoms with E-state index in [-0.39, 0.29) is 5.82 Å². The minimum atomic E-state index is -0.328. The van der Waals surface area contributed by atoms with Crippen LogP contribution in [0.2, 0.25) is 5.02 Å². The number of rotatable bonds is 4. The molecule has 0 saturated carbocycles. The van der Waals surface area contributed by atoms with Gasteiger partial charge in [0.2, 0.25) is 0 Å². The van der Waals surface area contributed by atoms with Gasteiger partial charge in [-0.25, -0.2) is 9.37 Å². The van der Waals surface area contributed by atoms with Gasteiger partial charge in [0.15, 0.2) is 0 Å². The molecule has 3 rings (SSSR count). The van der Waals surface area contributed by atoms with Crippen LogP contribution in [0.25, 0.3) is 0 Å². The normalized spacial score (nSPS) is 10.5. The Labute approximate surface area is 138 Å². The monoisotopic (exact) mass is 325 g/mol. The lowest BCUT2D eigenvalue weighted by atomic mass is 10.1. The van der Waals surface area contributed by atoms with Gasteiger partial charge < -0.3 is 4.57 Å². The maximum Gasteiger partial charge on any atom is 0.128 e. The first-order valence-corrected chi connectivity index (χ1v) is 7.47. The van der Waals surface area contributed by atoms with E-state index in [0.29, 0.717) is 29.1 Å². The van der Waals surface area contributed by atoms with Gasteiger partial charge in [0.1, 0.15) is 11.6 Å². The number of halogens is 2. The zero-order chi connectivity index (χ0) is 16.2. The van der Waals surface area contributed by atoms with E-state index in [4.69, 9.17) is 16.9 Å². The predicted octanol–water partition coefficient (Wildman–Crippen LogP) is 4.19. The van der Waals surface area contributed by atoms with Crippen molar-refractivity contribution in [1.29, 1.82) is 5.26 Å². The summed E-state index contributed by atoms with van der Waals surface area (Å²) < 4.78 is 15.9. The van der Waals surface area contributed by atoms with Crippen LogP contribution in [0.3, 0.4) is 0 Å². The summed E-state index contributed by atoms with van der Waals surface area (Å²) in [5.41, 5.74) is 2.11. The van der Waals surface area contributed by atoms with Gasteiger partial charge in [-0.15, -0.1) is 0 Å². The second-order valence-electron chi connectivity index (χ2n) is 5.16. The lowest BCUT2D eigenvalue weighted by molar-refractivity contribution is 0.609. The Morgan fingerprint density at radius 3 is 2.65 bits per heavy atom. The Morgan fingerprint density at radius 2 is 1.96 bits per heavy atom. The molecule has 1 aromatic heterocycles. The molecule has 0 aliphatic carbocycles. The van der Waals surface area contributed by atoms with Crippen molar-refractivity contribution < 1.29 is 4.39 Å². The Hall–Kier alpha value is -2.64. The average Bonchev–Trinajstić information content (AvgIpc) is 2.99. The smallest absolute Gasteiger partial charge is 0.128 e. The summed E-state index contributed by atoms with van der Waals surface area (Å²) in [6, 6.07) is 14.1. The van der Waals surface area contributed by atoms with Gasteiger partial charge in [0, 0.05) is 35.9 Å². The molecule has 2 aromatic carbocycles. The molecule has 0 aliphatic rings. The largest absolute Gasteiger partial charge is 0.330 e. The van der Waals surface area contributed by atoms with E-state index in [1.807, 2.05) is 22.9 Å². The first-order valence-electron chi connectivity index (χ1n) is 7.09. The minimum Gasteiger partial charge on any atom is -0.330 e. The fraction of sp³-hybridized carbons (Fsp3) is 0.111. The van der Waals surface area contributed by atoms with Crippen LogP contribution in [0, 0.1) is 17.1 Å². The molecule has 1 heterocycles. The van der Waals surface area contributed by atoms with Crippen molar-refractivity contribution in [2.75, 3.05) is 0 Å². The summed E-state index contributed by atoms with van der Waals surface area (Å²) in [7, 11) is 0. The molecule has 23 heavy (non-hydrogen) atoms. The Balaban J connectivity index is 1.83. The number of nitrogens with zero attached hydrogens (tertiary/aromatic N) is 3. The standard InChI is InChI=1S/C18H13ClFN3/c19-16-2-1-3-17(20)15(16)10-18-22-8-9-23(18)12-14-6-4-13(11-21)5-7-14/h1-9H,10,12H2. The molecule has 0 aliphatic heterocycles. The minimum absolute atomic E-state index is 0.328. The van der Waals surface area contributed by atoms with Crippen LogP contribution >= 0.6 is 11.6 Å². The third-order valence-electron chi connectivity index (χ3n) is 3.63. The van der Waals surface area contributed by atoms with Crippen LogP contribution in [0.15, 0.2) is 54.9 Å². The average molecular weight is 326 g/mol. The number of hydrogen-bond acceptors (Lipinski definition) is 2. The molecule has 3 aromatic rings. The summed E-state index contributed by atoms with van der Waals surface area (Å²) >= 11 is 6.08. The highest BCUT2D eigenvalue weighted by molar-refractivity contribution is 6.31. The summed E-state index contributed by atoms with van der Waals surface area (Å²) in [5.74, 6) is 0.409. The first-order chi connectivity index (χ1) is 11.2. The van der Waals surface area contributed by atoms with E-state index in [2.05, 4.69) is 11.1 Å². The van der Waals surface area contributed by atoms with E-state index >= 15 is 0 Å². The zero-order valence-corrected chi connectivity index (χ0v) is 13.0. The SMILES string of the molecule is N#Cc1ccc(Cn2ccnc2Cc2c(F)cccc2Cl)cc1.